The molecule has 2 aliphatic rings. The van der Waals surface area contributed by atoms with Gasteiger partial charge in [0.15, 0.2) is 0 Å². The first kappa shape index (κ1) is 24.9. The zero-order valence-electron chi connectivity index (χ0n) is 19.8. The van der Waals surface area contributed by atoms with Gasteiger partial charge in [-0.05, 0) is 0 Å². The maximum atomic E-state index is 13.5. The Bertz CT molecular complexity index is 1090. The Morgan fingerprint density at radius 3 is 2.47 bits per heavy atom. The Balaban J connectivity index is 1.61. The summed E-state index contributed by atoms with van der Waals surface area (Å²) in [6.45, 7) is 3.55. The van der Waals surface area contributed by atoms with E-state index in [1.54, 1.807) is 0 Å². The molecular formula is C23H30F3N5O2Sn. The summed E-state index contributed by atoms with van der Waals surface area (Å²) in [6, 6.07) is 5.89. The van der Waals surface area contributed by atoms with Crippen LogP contribution in [-0.2, 0) is 6.18 Å². The molecule has 1 aromatic heterocycles. The molecule has 1 aromatic carbocycles. The van der Waals surface area contributed by atoms with Gasteiger partial charge in [0.1, 0.15) is 0 Å². The van der Waals surface area contributed by atoms with E-state index < -0.39 is 36.2 Å². The molecule has 1 saturated heterocycles. The monoisotopic (exact) mass is 585 g/mol. The van der Waals surface area contributed by atoms with Crippen LogP contribution in [0.4, 0.5) is 35.3 Å². The van der Waals surface area contributed by atoms with Gasteiger partial charge in [-0.3, -0.25) is 0 Å². The molecule has 1 amide bonds. The van der Waals surface area contributed by atoms with Crippen LogP contribution in [-0.4, -0.2) is 70.1 Å². The Hall–Kier alpha value is -2.24. The average Bonchev–Trinajstić information content (AvgIpc) is 3.57. The van der Waals surface area contributed by atoms with Gasteiger partial charge in [-0.15, -0.1) is 0 Å². The number of halogens is 3. The fourth-order valence-electron chi connectivity index (χ4n) is 4.41. The zero-order valence-corrected chi connectivity index (χ0v) is 22.6. The van der Waals surface area contributed by atoms with E-state index in [9.17, 15) is 23.1 Å². The summed E-state index contributed by atoms with van der Waals surface area (Å²) in [7, 11) is 0. The van der Waals surface area contributed by atoms with Crippen molar-refractivity contribution in [3.8, 4) is 0 Å². The number of nitrogens with one attached hydrogen (secondary N) is 1. The van der Waals surface area contributed by atoms with Crippen LogP contribution in [0, 0.1) is 0 Å². The van der Waals surface area contributed by atoms with Crippen LogP contribution in [0.5, 0.6) is 0 Å². The summed E-state index contributed by atoms with van der Waals surface area (Å²) in [6.07, 6.45) is -2.36. The Morgan fingerprint density at radius 1 is 1.21 bits per heavy atom. The van der Waals surface area contributed by atoms with Gasteiger partial charge in [0.25, 0.3) is 0 Å². The van der Waals surface area contributed by atoms with E-state index in [2.05, 4.69) is 26.3 Å². The molecule has 0 bridgehead atoms. The second-order valence-electron chi connectivity index (χ2n) is 10.1. The topological polar surface area (TPSA) is 81.6 Å². The number of carboxylic acid groups (broad SMARTS) is 1. The van der Waals surface area contributed by atoms with E-state index in [1.165, 1.54) is 4.90 Å². The molecule has 1 atom stereocenters. The normalized spacial score (nSPS) is 19.3. The molecule has 2 fully saturated rings. The molecule has 2 heterocycles. The Kier molecular flexibility index (Phi) is 6.64. The van der Waals surface area contributed by atoms with Crippen molar-refractivity contribution in [1.82, 2.24) is 14.9 Å². The van der Waals surface area contributed by atoms with Crippen LogP contribution in [0.25, 0.3) is 0 Å². The van der Waals surface area contributed by atoms with Gasteiger partial charge < -0.3 is 5.11 Å². The summed E-state index contributed by atoms with van der Waals surface area (Å²) in [5, 5.41) is 12.5. The van der Waals surface area contributed by atoms with Crippen LogP contribution >= 0.6 is 0 Å². The molecule has 0 unspecified atom stereocenters. The number of amides is 1. The smallest absolute Gasteiger partial charge is 0.465 e. The molecule has 34 heavy (non-hydrogen) atoms. The zero-order chi connectivity index (χ0) is 24.8. The second kappa shape index (κ2) is 9.08. The quantitative estimate of drug-likeness (QED) is 0.490. The molecule has 4 rings (SSSR count). The van der Waals surface area contributed by atoms with Crippen molar-refractivity contribution in [2.45, 2.75) is 52.7 Å². The molecule has 1 saturated carbocycles. The van der Waals surface area contributed by atoms with Gasteiger partial charge in [0.2, 0.25) is 0 Å². The van der Waals surface area contributed by atoms with Gasteiger partial charge >= 0.3 is 192 Å². The summed E-state index contributed by atoms with van der Waals surface area (Å²) in [5.41, 5.74) is 2.19. The van der Waals surface area contributed by atoms with Crippen LogP contribution < -0.4 is 13.9 Å². The van der Waals surface area contributed by atoms with E-state index in [0.717, 1.165) is 36.0 Å². The van der Waals surface area contributed by atoms with Crippen molar-refractivity contribution < 1.29 is 23.1 Å². The minimum atomic E-state index is -4.47. The first-order valence-corrected chi connectivity index (χ1v) is 21.4. The SMILES string of the molecule is C[C@@H]1CN(c2ccc(Nc3ncc(C(F)(F)F)[c]([Sn]([CH3])([CH3])[CH3])n3)c(C3CC3)c2)CCN1C(=O)O. The van der Waals surface area contributed by atoms with E-state index in [-0.39, 0.29) is 15.7 Å². The van der Waals surface area contributed by atoms with Crippen LogP contribution in [0.3, 0.4) is 0 Å². The number of nitrogens with zero attached hydrogens (tertiary/aromatic N) is 4. The van der Waals surface area contributed by atoms with Crippen molar-refractivity contribution >= 4 is 45.5 Å². The molecule has 2 aromatic rings. The third-order valence-corrected chi connectivity index (χ3v) is 11.5. The number of rotatable bonds is 5. The second-order valence-corrected chi connectivity index (χ2v) is 24.3. The van der Waals surface area contributed by atoms with E-state index >= 15 is 0 Å². The number of anilines is 3. The molecule has 0 spiro atoms. The molecule has 1 aliphatic carbocycles. The van der Waals surface area contributed by atoms with Crippen molar-refractivity contribution in [2.75, 3.05) is 29.9 Å². The first-order valence-electron chi connectivity index (χ1n) is 11.4. The van der Waals surface area contributed by atoms with E-state index in [1.807, 2.05) is 33.9 Å². The van der Waals surface area contributed by atoms with Crippen molar-refractivity contribution in [2.24, 2.45) is 0 Å². The first-order chi connectivity index (χ1) is 15.8. The summed E-state index contributed by atoms with van der Waals surface area (Å²) in [4.78, 5) is 29.1. The minimum Gasteiger partial charge on any atom is -0.465 e. The summed E-state index contributed by atoms with van der Waals surface area (Å²) >= 11 is -3.18. The number of benzene rings is 1. The number of piperazine rings is 1. The number of aromatic nitrogens is 2. The molecule has 184 valence electrons. The standard InChI is InChI=1S/C20H21F3N5O2.3CH3.Sn/c1-12-11-27(6-7-28(12)19(29)30)15-4-5-17(16(8-15)13-2-3-13)26-18-24-9-14(10-25-18)20(21,22)23;;;;/h4-5,8-9,12-13H,2-3,6-7,11H2,1H3,(H,29,30)(H,24,25,26);3*1H3;/t12-;;;;/m1..../s1. The van der Waals surface area contributed by atoms with Gasteiger partial charge in [-0.1, -0.05) is 0 Å². The van der Waals surface area contributed by atoms with E-state index in [4.69, 9.17) is 0 Å². The maximum absolute atomic E-state index is 13.5. The van der Waals surface area contributed by atoms with Crippen LogP contribution in [0.1, 0.15) is 36.8 Å². The average molecular weight is 584 g/mol. The predicted octanol–water partition coefficient (Wildman–Crippen LogP) is 4.85. The van der Waals surface area contributed by atoms with Crippen LogP contribution in [0.15, 0.2) is 24.4 Å². The molecule has 2 N–H and O–H groups in total. The van der Waals surface area contributed by atoms with E-state index in [0.29, 0.717) is 25.6 Å². The molecule has 11 heteroatoms. The van der Waals surface area contributed by atoms with Gasteiger partial charge in [-0.2, -0.15) is 0 Å². The van der Waals surface area contributed by atoms with Crippen molar-refractivity contribution in [1.29, 1.82) is 0 Å². The van der Waals surface area contributed by atoms with Crippen LogP contribution in [0.2, 0.25) is 14.8 Å². The molecular weight excluding hydrogens is 554 g/mol. The Morgan fingerprint density at radius 2 is 1.91 bits per heavy atom. The number of alkyl halides is 3. The molecule has 0 radical (unpaired) electrons. The predicted molar refractivity (Wildman–Crippen MR) is 128 cm³/mol. The number of carbonyl (C=O) groups is 1. The Labute approximate surface area is 201 Å². The fraction of sp³-hybridized carbons (Fsp3) is 0.522. The number of hydrogen-bond acceptors (Lipinski definition) is 5. The fourth-order valence-corrected chi connectivity index (χ4v) is 8.57. The third kappa shape index (κ3) is 5.36. The summed E-state index contributed by atoms with van der Waals surface area (Å²) < 4.78 is 40.7. The van der Waals surface area contributed by atoms with Gasteiger partial charge in [0.05, 0.1) is 0 Å². The molecule has 1 aliphatic heterocycles. The van der Waals surface area contributed by atoms with Gasteiger partial charge in [0, 0.05) is 0 Å². The third-order valence-electron chi connectivity index (χ3n) is 6.34. The molecule has 7 nitrogen and oxygen atoms in total. The minimum absolute atomic E-state index is 0.115. The van der Waals surface area contributed by atoms with Crippen molar-refractivity contribution in [3.05, 3.63) is 35.5 Å². The van der Waals surface area contributed by atoms with Gasteiger partial charge in [-0.25, -0.2) is 4.79 Å². The van der Waals surface area contributed by atoms with Crippen molar-refractivity contribution in [3.63, 3.8) is 0 Å². The summed E-state index contributed by atoms with van der Waals surface area (Å²) in [5.74, 6) is 0.573. The number of hydrogen-bond donors (Lipinski definition) is 2.